The van der Waals surface area contributed by atoms with E-state index in [2.05, 4.69) is 17.0 Å². The zero-order valence-electron chi connectivity index (χ0n) is 10.8. The third-order valence-corrected chi connectivity index (χ3v) is 3.62. The summed E-state index contributed by atoms with van der Waals surface area (Å²) in [5.41, 5.74) is 4.15. The third kappa shape index (κ3) is 2.22. The molecule has 0 saturated carbocycles. The Hall–Kier alpha value is -1.87. The summed E-state index contributed by atoms with van der Waals surface area (Å²) < 4.78 is 13.3. The Kier molecular flexibility index (Phi) is 2.99. The van der Waals surface area contributed by atoms with Crippen LogP contribution in [0.1, 0.15) is 29.7 Å². The molecule has 0 fully saturated rings. The lowest BCUT2D eigenvalue weighted by Crippen LogP contribution is -2.17. The quantitative estimate of drug-likeness (QED) is 0.891. The van der Waals surface area contributed by atoms with Gasteiger partial charge in [0.25, 0.3) is 0 Å². The first-order valence-corrected chi connectivity index (χ1v) is 6.44. The number of anilines is 1. The molecule has 3 rings (SSSR count). The van der Waals surface area contributed by atoms with Crippen molar-refractivity contribution in [2.24, 2.45) is 0 Å². The smallest absolute Gasteiger partial charge is 0.123 e. The summed E-state index contributed by atoms with van der Waals surface area (Å²) in [7, 11) is 0. The molecular formula is C16H16FNO. The van der Waals surface area contributed by atoms with Crippen molar-refractivity contribution in [2.45, 2.75) is 26.1 Å². The maximum absolute atomic E-state index is 13.3. The highest BCUT2D eigenvalue weighted by atomic mass is 19.1. The number of benzene rings is 2. The number of fused-ring (bicyclic) bond motifs is 1. The van der Waals surface area contributed by atoms with Crippen molar-refractivity contribution in [2.75, 3.05) is 4.90 Å². The summed E-state index contributed by atoms with van der Waals surface area (Å²) in [5, 5.41) is 9.81. The van der Waals surface area contributed by atoms with Gasteiger partial charge in [0.05, 0.1) is 6.10 Å². The Labute approximate surface area is 112 Å². The van der Waals surface area contributed by atoms with Gasteiger partial charge in [0.1, 0.15) is 5.82 Å². The van der Waals surface area contributed by atoms with E-state index in [1.807, 2.05) is 12.1 Å². The minimum Gasteiger partial charge on any atom is -0.389 e. The molecule has 1 aliphatic rings. The summed E-state index contributed by atoms with van der Waals surface area (Å²) in [5.74, 6) is -0.309. The first-order valence-electron chi connectivity index (χ1n) is 6.44. The maximum atomic E-state index is 13.3. The minimum absolute atomic E-state index is 0.309. The van der Waals surface area contributed by atoms with E-state index in [0.717, 1.165) is 18.8 Å². The summed E-state index contributed by atoms with van der Waals surface area (Å²) in [6.45, 7) is 3.28. The van der Waals surface area contributed by atoms with E-state index >= 15 is 0 Å². The van der Waals surface area contributed by atoms with Gasteiger partial charge in [-0.15, -0.1) is 0 Å². The Morgan fingerprint density at radius 1 is 1.11 bits per heavy atom. The zero-order valence-corrected chi connectivity index (χ0v) is 10.8. The fraction of sp³-hybridized carbons (Fsp3) is 0.250. The van der Waals surface area contributed by atoms with Crippen LogP contribution in [0.5, 0.6) is 0 Å². The van der Waals surface area contributed by atoms with E-state index in [-0.39, 0.29) is 5.82 Å². The molecule has 0 radical (unpaired) electrons. The number of hydrogen-bond donors (Lipinski definition) is 1. The fourth-order valence-electron chi connectivity index (χ4n) is 2.65. The molecule has 1 N–H and O–H groups in total. The first-order chi connectivity index (χ1) is 9.15. The Bertz CT molecular complexity index is 584. The summed E-state index contributed by atoms with van der Waals surface area (Å²) in [4.78, 5) is 2.17. The van der Waals surface area contributed by atoms with Gasteiger partial charge < -0.3 is 10.0 Å². The fourth-order valence-corrected chi connectivity index (χ4v) is 2.65. The molecule has 2 nitrogen and oxygen atoms in total. The van der Waals surface area contributed by atoms with Crippen molar-refractivity contribution in [1.29, 1.82) is 0 Å². The van der Waals surface area contributed by atoms with Gasteiger partial charge in [-0.05, 0) is 36.2 Å². The van der Waals surface area contributed by atoms with Crippen molar-refractivity contribution < 1.29 is 9.50 Å². The van der Waals surface area contributed by atoms with Crippen molar-refractivity contribution in [1.82, 2.24) is 0 Å². The largest absolute Gasteiger partial charge is 0.389 e. The van der Waals surface area contributed by atoms with E-state index in [9.17, 15) is 9.50 Å². The summed E-state index contributed by atoms with van der Waals surface area (Å²) in [6.07, 6.45) is -0.672. The summed E-state index contributed by atoms with van der Waals surface area (Å²) >= 11 is 0. The lowest BCUT2D eigenvalue weighted by Gasteiger charge is -2.22. The van der Waals surface area contributed by atoms with Gasteiger partial charge in [-0.25, -0.2) is 4.39 Å². The van der Waals surface area contributed by atoms with E-state index < -0.39 is 6.10 Å². The maximum Gasteiger partial charge on any atom is 0.123 e. The molecule has 0 spiro atoms. The molecule has 0 saturated heterocycles. The molecule has 1 atom stereocenters. The molecule has 0 amide bonds. The molecule has 98 valence electrons. The van der Waals surface area contributed by atoms with Gasteiger partial charge in [0.15, 0.2) is 0 Å². The van der Waals surface area contributed by atoms with E-state index in [1.54, 1.807) is 13.0 Å². The van der Waals surface area contributed by atoms with Crippen LogP contribution >= 0.6 is 0 Å². The lowest BCUT2D eigenvalue weighted by atomic mass is 10.1. The molecule has 2 aromatic rings. The summed E-state index contributed by atoms with van der Waals surface area (Å²) in [6, 6.07) is 12.9. The topological polar surface area (TPSA) is 23.5 Å². The molecule has 0 aromatic heterocycles. The number of rotatable bonds is 2. The van der Waals surface area contributed by atoms with E-state index in [4.69, 9.17) is 0 Å². The standard InChI is InChI=1S/C16H16FNO/c1-11(19)15-8-14(17)6-7-16(15)18-9-12-4-2-3-5-13(12)10-18/h2-8,11,19H,9-10H2,1H3/t11-/m0/s1. The SMILES string of the molecule is C[C@H](O)c1cc(F)ccc1N1Cc2ccccc2C1. The Morgan fingerprint density at radius 2 is 1.74 bits per heavy atom. The highest BCUT2D eigenvalue weighted by molar-refractivity contribution is 5.58. The second kappa shape index (κ2) is 4.67. The van der Waals surface area contributed by atoms with Gasteiger partial charge in [-0.1, -0.05) is 24.3 Å². The number of aliphatic hydroxyl groups is 1. The minimum atomic E-state index is -0.672. The molecule has 19 heavy (non-hydrogen) atoms. The Morgan fingerprint density at radius 3 is 2.32 bits per heavy atom. The van der Waals surface area contributed by atoms with Crippen LogP contribution in [0.15, 0.2) is 42.5 Å². The van der Waals surface area contributed by atoms with Crippen LogP contribution in [0, 0.1) is 5.82 Å². The molecule has 0 aliphatic carbocycles. The van der Waals surface area contributed by atoms with Gasteiger partial charge in [-0.3, -0.25) is 0 Å². The molecule has 1 aliphatic heterocycles. The van der Waals surface area contributed by atoms with Crippen LogP contribution in [-0.4, -0.2) is 5.11 Å². The van der Waals surface area contributed by atoms with Crippen molar-refractivity contribution in [3.8, 4) is 0 Å². The van der Waals surface area contributed by atoms with E-state index in [1.165, 1.54) is 23.3 Å². The lowest BCUT2D eigenvalue weighted by molar-refractivity contribution is 0.199. The highest BCUT2D eigenvalue weighted by Gasteiger charge is 2.22. The van der Waals surface area contributed by atoms with Crippen LogP contribution in [0.3, 0.4) is 0 Å². The zero-order chi connectivity index (χ0) is 13.4. The molecular weight excluding hydrogens is 241 g/mol. The van der Waals surface area contributed by atoms with Crippen LogP contribution in [-0.2, 0) is 13.1 Å². The van der Waals surface area contributed by atoms with Crippen LogP contribution in [0.4, 0.5) is 10.1 Å². The van der Waals surface area contributed by atoms with Crippen LogP contribution in [0.25, 0.3) is 0 Å². The monoisotopic (exact) mass is 257 g/mol. The number of nitrogens with zero attached hydrogens (tertiary/aromatic N) is 1. The average molecular weight is 257 g/mol. The number of aliphatic hydroxyl groups excluding tert-OH is 1. The Balaban J connectivity index is 1.97. The van der Waals surface area contributed by atoms with E-state index in [0.29, 0.717) is 5.56 Å². The predicted octanol–water partition coefficient (Wildman–Crippen LogP) is 3.40. The second-order valence-electron chi connectivity index (χ2n) is 5.00. The van der Waals surface area contributed by atoms with Crippen LogP contribution < -0.4 is 4.90 Å². The van der Waals surface area contributed by atoms with Crippen LogP contribution in [0.2, 0.25) is 0 Å². The molecule has 0 bridgehead atoms. The van der Waals surface area contributed by atoms with Gasteiger partial charge >= 0.3 is 0 Å². The molecule has 3 heteroatoms. The molecule has 0 unspecified atom stereocenters. The average Bonchev–Trinajstić information content (AvgIpc) is 2.82. The number of hydrogen-bond acceptors (Lipinski definition) is 2. The predicted molar refractivity (Wildman–Crippen MR) is 73.4 cm³/mol. The van der Waals surface area contributed by atoms with Gasteiger partial charge in [0.2, 0.25) is 0 Å². The van der Waals surface area contributed by atoms with Gasteiger partial charge in [-0.2, -0.15) is 0 Å². The highest BCUT2D eigenvalue weighted by Crippen LogP contribution is 2.33. The van der Waals surface area contributed by atoms with Gasteiger partial charge in [0, 0.05) is 24.3 Å². The van der Waals surface area contributed by atoms with Crippen molar-refractivity contribution >= 4 is 5.69 Å². The van der Waals surface area contributed by atoms with Crippen molar-refractivity contribution in [3.63, 3.8) is 0 Å². The third-order valence-electron chi connectivity index (χ3n) is 3.62. The molecule has 2 aromatic carbocycles. The van der Waals surface area contributed by atoms with Crippen molar-refractivity contribution in [3.05, 3.63) is 65.0 Å². The normalized spacial score (nSPS) is 15.4. The second-order valence-corrected chi connectivity index (χ2v) is 5.00. The molecule has 1 heterocycles. The number of halogens is 1. The first kappa shape index (κ1) is 12.2.